The van der Waals surface area contributed by atoms with Gasteiger partial charge in [0, 0.05) is 35.8 Å². The number of benzene rings is 1. The summed E-state index contributed by atoms with van der Waals surface area (Å²) in [7, 11) is 2.05. The molecule has 23 heavy (non-hydrogen) atoms. The Morgan fingerprint density at radius 2 is 2.22 bits per heavy atom. The highest BCUT2D eigenvalue weighted by Crippen LogP contribution is 2.18. The predicted molar refractivity (Wildman–Crippen MR) is 94.1 cm³/mol. The summed E-state index contributed by atoms with van der Waals surface area (Å²) in [6.07, 6.45) is 5.01. The van der Waals surface area contributed by atoms with E-state index in [4.69, 9.17) is 16.3 Å². The number of H-pyrrole nitrogens is 1. The first-order chi connectivity index (χ1) is 11.1. The van der Waals surface area contributed by atoms with E-state index in [2.05, 4.69) is 9.88 Å². The molecule has 1 aliphatic rings. The lowest BCUT2D eigenvalue weighted by Gasteiger charge is -2.25. The fourth-order valence-electron chi connectivity index (χ4n) is 3.11. The molecular weight excluding hydrogens is 312 g/mol. The van der Waals surface area contributed by atoms with Gasteiger partial charge < -0.3 is 14.6 Å². The third-order valence-electron chi connectivity index (χ3n) is 4.43. The summed E-state index contributed by atoms with van der Waals surface area (Å²) in [5.41, 5.74) is 1.52. The molecule has 0 bridgehead atoms. The predicted octanol–water partition coefficient (Wildman–Crippen LogP) is 3.57. The molecule has 0 saturated carbocycles. The van der Waals surface area contributed by atoms with E-state index in [1.807, 2.05) is 25.2 Å². The molecule has 0 unspecified atom stereocenters. The molecule has 0 radical (unpaired) electrons. The minimum atomic E-state index is -0.0412. The van der Waals surface area contributed by atoms with Gasteiger partial charge in [-0.1, -0.05) is 17.7 Å². The van der Waals surface area contributed by atoms with Crippen LogP contribution in [-0.2, 0) is 11.3 Å². The molecule has 124 valence electrons. The molecule has 1 saturated heterocycles. The van der Waals surface area contributed by atoms with E-state index in [0.29, 0.717) is 17.7 Å². The molecular formula is C18H23ClN2O2. The highest BCUT2D eigenvalue weighted by Gasteiger charge is 2.15. The number of hydrogen-bond donors (Lipinski definition) is 1. The van der Waals surface area contributed by atoms with Crippen LogP contribution in [-0.4, -0.2) is 36.2 Å². The summed E-state index contributed by atoms with van der Waals surface area (Å²) >= 11 is 5.97. The minimum absolute atomic E-state index is 0.0412. The van der Waals surface area contributed by atoms with Crippen molar-refractivity contribution < 1.29 is 4.74 Å². The SMILES string of the molecule is CN(CC[C@H]1CCCCO1)Cc1cc2ccc(Cl)cc2[nH]c1=O. The lowest BCUT2D eigenvalue weighted by Crippen LogP contribution is -2.28. The van der Waals surface area contributed by atoms with Crippen LogP contribution in [0.15, 0.2) is 29.1 Å². The molecule has 4 nitrogen and oxygen atoms in total. The summed E-state index contributed by atoms with van der Waals surface area (Å²) in [5, 5.41) is 1.64. The largest absolute Gasteiger partial charge is 0.378 e. The second-order valence-electron chi connectivity index (χ2n) is 6.37. The van der Waals surface area contributed by atoms with Gasteiger partial charge in [-0.05, 0) is 56.3 Å². The number of nitrogens with one attached hydrogen (secondary N) is 1. The topological polar surface area (TPSA) is 45.3 Å². The first kappa shape index (κ1) is 16.5. The van der Waals surface area contributed by atoms with Crippen LogP contribution in [0.3, 0.4) is 0 Å². The minimum Gasteiger partial charge on any atom is -0.378 e. The Morgan fingerprint density at radius 1 is 1.35 bits per heavy atom. The maximum Gasteiger partial charge on any atom is 0.252 e. The van der Waals surface area contributed by atoms with Gasteiger partial charge >= 0.3 is 0 Å². The van der Waals surface area contributed by atoms with E-state index in [1.54, 1.807) is 6.07 Å². The zero-order valence-corrected chi connectivity index (χ0v) is 14.2. The highest BCUT2D eigenvalue weighted by molar-refractivity contribution is 6.31. The average molecular weight is 335 g/mol. The summed E-state index contributed by atoms with van der Waals surface area (Å²) in [6.45, 7) is 2.46. The van der Waals surface area contributed by atoms with Crippen LogP contribution in [0.5, 0.6) is 0 Å². The van der Waals surface area contributed by atoms with Gasteiger partial charge in [-0.3, -0.25) is 4.79 Å². The molecule has 2 aromatic rings. The van der Waals surface area contributed by atoms with Gasteiger partial charge in [-0.15, -0.1) is 0 Å². The van der Waals surface area contributed by atoms with Crippen LogP contribution in [0.1, 0.15) is 31.2 Å². The second kappa shape index (κ2) is 7.47. The molecule has 2 heterocycles. The zero-order chi connectivity index (χ0) is 16.2. The summed E-state index contributed by atoms with van der Waals surface area (Å²) in [4.78, 5) is 17.3. The number of ether oxygens (including phenoxy) is 1. The fraction of sp³-hybridized carbons (Fsp3) is 0.500. The molecule has 5 heteroatoms. The molecule has 0 spiro atoms. The first-order valence-electron chi connectivity index (χ1n) is 8.23. The Labute approximate surface area is 141 Å². The highest BCUT2D eigenvalue weighted by atomic mass is 35.5. The Bertz CT molecular complexity index is 723. The lowest BCUT2D eigenvalue weighted by molar-refractivity contribution is 0.00640. The van der Waals surface area contributed by atoms with E-state index in [0.717, 1.165) is 42.5 Å². The van der Waals surface area contributed by atoms with E-state index in [1.165, 1.54) is 12.8 Å². The molecule has 1 atom stereocenters. The normalized spacial score (nSPS) is 18.7. The number of halogens is 1. The van der Waals surface area contributed by atoms with Crippen molar-refractivity contribution >= 4 is 22.5 Å². The van der Waals surface area contributed by atoms with Crippen molar-refractivity contribution in [2.24, 2.45) is 0 Å². The number of rotatable bonds is 5. The number of fused-ring (bicyclic) bond motifs is 1. The number of pyridine rings is 1. The van der Waals surface area contributed by atoms with Crippen LogP contribution in [0.2, 0.25) is 5.02 Å². The number of nitrogens with zero attached hydrogens (tertiary/aromatic N) is 1. The Morgan fingerprint density at radius 3 is 3.00 bits per heavy atom. The smallest absolute Gasteiger partial charge is 0.252 e. The van der Waals surface area contributed by atoms with Crippen molar-refractivity contribution in [2.45, 2.75) is 38.3 Å². The number of aromatic nitrogens is 1. The Kier molecular flexibility index (Phi) is 5.36. The van der Waals surface area contributed by atoms with Crippen LogP contribution >= 0.6 is 11.6 Å². The third kappa shape index (κ3) is 4.34. The first-order valence-corrected chi connectivity index (χ1v) is 8.61. The van der Waals surface area contributed by atoms with Crippen LogP contribution in [0, 0.1) is 0 Å². The molecule has 1 aliphatic heterocycles. The molecule has 1 N–H and O–H groups in total. The standard InChI is InChI=1S/C18H23ClN2O2/c1-21(8-7-16-4-2-3-9-23-16)12-14-10-13-5-6-15(19)11-17(13)20-18(14)22/h5-6,10-11,16H,2-4,7-9,12H2,1H3,(H,20,22)/t16-/m1/s1. The second-order valence-corrected chi connectivity index (χ2v) is 6.81. The molecule has 0 aliphatic carbocycles. The number of hydrogen-bond acceptors (Lipinski definition) is 3. The van der Waals surface area contributed by atoms with Crippen molar-refractivity contribution in [3.05, 3.63) is 45.2 Å². The van der Waals surface area contributed by atoms with Gasteiger partial charge in [0.1, 0.15) is 0 Å². The van der Waals surface area contributed by atoms with Gasteiger partial charge in [0.25, 0.3) is 5.56 Å². The Hall–Kier alpha value is -1.36. The molecule has 3 rings (SSSR count). The zero-order valence-electron chi connectivity index (χ0n) is 13.5. The van der Waals surface area contributed by atoms with E-state index >= 15 is 0 Å². The van der Waals surface area contributed by atoms with Gasteiger partial charge in [0.15, 0.2) is 0 Å². The van der Waals surface area contributed by atoms with Crippen molar-refractivity contribution in [1.29, 1.82) is 0 Å². The van der Waals surface area contributed by atoms with E-state index < -0.39 is 0 Å². The van der Waals surface area contributed by atoms with Gasteiger partial charge in [-0.2, -0.15) is 0 Å². The monoisotopic (exact) mass is 334 g/mol. The van der Waals surface area contributed by atoms with Crippen molar-refractivity contribution in [1.82, 2.24) is 9.88 Å². The maximum atomic E-state index is 12.2. The van der Waals surface area contributed by atoms with Gasteiger partial charge in [0.2, 0.25) is 0 Å². The third-order valence-corrected chi connectivity index (χ3v) is 4.67. The van der Waals surface area contributed by atoms with Gasteiger partial charge in [-0.25, -0.2) is 0 Å². The summed E-state index contributed by atoms with van der Waals surface area (Å²) in [5.74, 6) is 0. The maximum absolute atomic E-state index is 12.2. The molecule has 1 aromatic heterocycles. The quantitative estimate of drug-likeness (QED) is 0.909. The molecule has 1 aromatic carbocycles. The van der Waals surface area contributed by atoms with Crippen LogP contribution in [0.25, 0.3) is 10.9 Å². The average Bonchev–Trinajstić information content (AvgIpc) is 2.55. The van der Waals surface area contributed by atoms with Crippen LogP contribution < -0.4 is 5.56 Å². The van der Waals surface area contributed by atoms with E-state index in [-0.39, 0.29) is 5.56 Å². The summed E-state index contributed by atoms with van der Waals surface area (Å²) in [6, 6.07) is 7.52. The van der Waals surface area contributed by atoms with Crippen molar-refractivity contribution in [3.63, 3.8) is 0 Å². The summed E-state index contributed by atoms with van der Waals surface area (Å²) < 4.78 is 5.76. The van der Waals surface area contributed by atoms with Crippen molar-refractivity contribution in [3.8, 4) is 0 Å². The fourth-order valence-corrected chi connectivity index (χ4v) is 3.28. The molecule has 1 fully saturated rings. The Balaban J connectivity index is 1.64. The van der Waals surface area contributed by atoms with Gasteiger partial charge in [0.05, 0.1) is 6.10 Å². The molecule has 0 amide bonds. The van der Waals surface area contributed by atoms with Crippen LogP contribution in [0.4, 0.5) is 0 Å². The number of aromatic amines is 1. The van der Waals surface area contributed by atoms with E-state index in [9.17, 15) is 4.79 Å². The van der Waals surface area contributed by atoms with Crippen molar-refractivity contribution in [2.75, 3.05) is 20.2 Å². The lowest BCUT2D eigenvalue weighted by atomic mass is 10.1.